The number of carboxylic acids is 1. The zero-order valence-corrected chi connectivity index (χ0v) is 13.7. The van der Waals surface area contributed by atoms with E-state index in [1.807, 2.05) is 0 Å². The van der Waals surface area contributed by atoms with Crippen molar-refractivity contribution in [3.05, 3.63) is 34.9 Å². The number of carbonyl (C=O) groups is 1. The molecule has 8 heteroatoms. The molecule has 1 aromatic carbocycles. The molecule has 0 aliphatic heterocycles. The minimum absolute atomic E-state index is 0.0741. The van der Waals surface area contributed by atoms with Crippen molar-refractivity contribution in [3.8, 4) is 0 Å². The smallest absolute Gasteiger partial charge is 0.304 e. The third kappa shape index (κ3) is 4.67. The van der Waals surface area contributed by atoms with E-state index in [4.69, 9.17) is 16.7 Å². The summed E-state index contributed by atoms with van der Waals surface area (Å²) in [6.07, 6.45) is -0.237. The standard InChI is InChI=1S/C13H19ClN2O4S/c1-10(11-4-6-12(14)7-5-11)16(3)21(19,20)15(2)9-8-13(17)18/h4-7,10H,8-9H2,1-3H3,(H,17,18). The zero-order chi connectivity index (χ0) is 16.2. The molecule has 0 aliphatic rings. The molecule has 1 aromatic rings. The van der Waals surface area contributed by atoms with Gasteiger partial charge in [0, 0.05) is 31.7 Å². The maximum Gasteiger partial charge on any atom is 0.304 e. The average Bonchev–Trinajstić information content (AvgIpc) is 2.43. The fourth-order valence-electron chi connectivity index (χ4n) is 1.74. The van der Waals surface area contributed by atoms with Gasteiger partial charge in [-0.05, 0) is 24.6 Å². The van der Waals surface area contributed by atoms with E-state index in [1.54, 1.807) is 31.2 Å². The van der Waals surface area contributed by atoms with Crippen molar-refractivity contribution in [1.82, 2.24) is 8.61 Å². The Hall–Kier alpha value is -1.15. The Balaban J connectivity index is 2.86. The highest BCUT2D eigenvalue weighted by atomic mass is 35.5. The van der Waals surface area contributed by atoms with Crippen LogP contribution >= 0.6 is 11.6 Å². The number of nitrogens with zero attached hydrogens (tertiary/aromatic N) is 2. The summed E-state index contributed by atoms with van der Waals surface area (Å²) in [6.45, 7) is 1.68. The molecule has 6 nitrogen and oxygen atoms in total. The minimum Gasteiger partial charge on any atom is -0.481 e. The van der Waals surface area contributed by atoms with E-state index in [2.05, 4.69) is 0 Å². The Kier molecular flexibility index (Phi) is 6.15. The van der Waals surface area contributed by atoms with Crippen LogP contribution in [-0.4, -0.2) is 48.7 Å². The van der Waals surface area contributed by atoms with Gasteiger partial charge in [-0.1, -0.05) is 23.7 Å². The highest BCUT2D eigenvalue weighted by Crippen LogP contribution is 2.24. The van der Waals surface area contributed by atoms with Gasteiger partial charge in [-0.2, -0.15) is 17.0 Å². The monoisotopic (exact) mass is 334 g/mol. The second kappa shape index (κ2) is 7.22. The lowest BCUT2D eigenvalue weighted by atomic mass is 10.1. The molecular weight excluding hydrogens is 316 g/mol. The molecule has 0 amide bonds. The molecule has 1 unspecified atom stereocenters. The van der Waals surface area contributed by atoms with Crippen molar-refractivity contribution >= 4 is 27.8 Å². The average molecular weight is 335 g/mol. The third-order valence-electron chi connectivity index (χ3n) is 3.30. The first kappa shape index (κ1) is 17.9. The first-order chi connectivity index (χ1) is 9.66. The number of hydrogen-bond donors (Lipinski definition) is 1. The van der Waals surface area contributed by atoms with Gasteiger partial charge >= 0.3 is 5.97 Å². The van der Waals surface area contributed by atoms with Crippen LogP contribution < -0.4 is 0 Å². The van der Waals surface area contributed by atoms with Gasteiger partial charge in [-0.3, -0.25) is 4.79 Å². The fraction of sp³-hybridized carbons (Fsp3) is 0.462. The number of rotatable bonds is 7. The number of carboxylic acid groups (broad SMARTS) is 1. The van der Waals surface area contributed by atoms with Gasteiger partial charge in [-0.15, -0.1) is 0 Å². The molecule has 1 rings (SSSR count). The highest BCUT2D eigenvalue weighted by Gasteiger charge is 2.28. The van der Waals surface area contributed by atoms with E-state index in [0.717, 1.165) is 9.87 Å². The summed E-state index contributed by atoms with van der Waals surface area (Å²) in [5, 5.41) is 9.21. The third-order valence-corrected chi connectivity index (χ3v) is 5.56. The Labute approximate surface area is 130 Å². The van der Waals surface area contributed by atoms with Crippen LogP contribution in [0.5, 0.6) is 0 Å². The summed E-state index contributed by atoms with van der Waals surface area (Å²) in [5.41, 5.74) is 0.803. The van der Waals surface area contributed by atoms with Gasteiger partial charge in [0.15, 0.2) is 0 Å². The summed E-state index contributed by atoms with van der Waals surface area (Å²) in [5.74, 6) is -1.04. The minimum atomic E-state index is -3.72. The quantitative estimate of drug-likeness (QED) is 0.827. The van der Waals surface area contributed by atoms with Crippen LogP contribution in [0.4, 0.5) is 0 Å². The maximum atomic E-state index is 12.4. The second-order valence-corrected chi connectivity index (χ2v) is 7.25. The van der Waals surface area contributed by atoms with Crippen molar-refractivity contribution in [1.29, 1.82) is 0 Å². The second-order valence-electron chi connectivity index (χ2n) is 4.72. The molecule has 1 N–H and O–H groups in total. The molecule has 21 heavy (non-hydrogen) atoms. The first-order valence-electron chi connectivity index (χ1n) is 6.32. The molecule has 0 heterocycles. The Morgan fingerprint density at radius 3 is 2.29 bits per heavy atom. The van der Waals surface area contributed by atoms with Gasteiger partial charge in [0.05, 0.1) is 6.42 Å². The van der Waals surface area contributed by atoms with Crippen LogP contribution in [0.25, 0.3) is 0 Å². The predicted molar refractivity (Wildman–Crippen MR) is 81.4 cm³/mol. The maximum absolute atomic E-state index is 12.4. The molecule has 0 spiro atoms. The van der Waals surface area contributed by atoms with Gasteiger partial charge in [0.1, 0.15) is 0 Å². The van der Waals surface area contributed by atoms with Gasteiger partial charge in [0.25, 0.3) is 10.2 Å². The van der Waals surface area contributed by atoms with Crippen LogP contribution in [0.2, 0.25) is 5.02 Å². The van der Waals surface area contributed by atoms with Gasteiger partial charge in [0.2, 0.25) is 0 Å². The van der Waals surface area contributed by atoms with Crippen molar-refractivity contribution in [2.45, 2.75) is 19.4 Å². The Morgan fingerprint density at radius 2 is 1.81 bits per heavy atom. The largest absolute Gasteiger partial charge is 0.481 e. The summed E-state index contributed by atoms with van der Waals surface area (Å²) in [4.78, 5) is 10.5. The van der Waals surface area contributed by atoms with Crippen LogP contribution in [0.15, 0.2) is 24.3 Å². The Morgan fingerprint density at radius 1 is 1.29 bits per heavy atom. The van der Waals surface area contributed by atoms with E-state index in [1.165, 1.54) is 18.4 Å². The van der Waals surface area contributed by atoms with Crippen LogP contribution in [0.3, 0.4) is 0 Å². The summed E-state index contributed by atoms with van der Waals surface area (Å²) >= 11 is 5.81. The lowest BCUT2D eigenvalue weighted by Gasteiger charge is -2.29. The van der Waals surface area contributed by atoms with Gasteiger partial charge < -0.3 is 5.11 Å². The fourth-order valence-corrected chi connectivity index (χ4v) is 3.15. The number of hydrogen-bond acceptors (Lipinski definition) is 3. The summed E-state index contributed by atoms with van der Waals surface area (Å²) in [7, 11) is -0.893. The molecule has 0 radical (unpaired) electrons. The first-order valence-corrected chi connectivity index (χ1v) is 8.10. The number of aliphatic carboxylic acids is 1. The number of halogens is 1. The lowest BCUT2D eigenvalue weighted by Crippen LogP contribution is -2.41. The topological polar surface area (TPSA) is 77.9 Å². The van der Waals surface area contributed by atoms with E-state index in [0.29, 0.717) is 5.02 Å². The molecule has 0 saturated heterocycles. The van der Waals surface area contributed by atoms with Crippen molar-refractivity contribution in [3.63, 3.8) is 0 Å². The van der Waals surface area contributed by atoms with Crippen LogP contribution in [0.1, 0.15) is 24.9 Å². The molecule has 118 valence electrons. The zero-order valence-electron chi connectivity index (χ0n) is 12.2. The van der Waals surface area contributed by atoms with E-state index in [-0.39, 0.29) is 19.0 Å². The van der Waals surface area contributed by atoms with E-state index in [9.17, 15) is 13.2 Å². The molecule has 0 aliphatic carbocycles. The highest BCUT2D eigenvalue weighted by molar-refractivity contribution is 7.86. The summed E-state index contributed by atoms with van der Waals surface area (Å²) in [6, 6.07) is 6.52. The van der Waals surface area contributed by atoms with E-state index < -0.39 is 16.2 Å². The molecule has 0 aromatic heterocycles. The van der Waals surface area contributed by atoms with Gasteiger partial charge in [-0.25, -0.2) is 0 Å². The van der Waals surface area contributed by atoms with Crippen molar-refractivity contribution in [2.24, 2.45) is 0 Å². The van der Waals surface area contributed by atoms with Crippen LogP contribution in [-0.2, 0) is 15.0 Å². The van der Waals surface area contributed by atoms with Crippen molar-refractivity contribution < 1.29 is 18.3 Å². The normalized spacial score (nSPS) is 13.6. The van der Waals surface area contributed by atoms with Crippen molar-refractivity contribution in [2.75, 3.05) is 20.6 Å². The Bertz CT molecular complexity index is 589. The lowest BCUT2D eigenvalue weighted by molar-refractivity contribution is -0.137. The molecule has 0 saturated carbocycles. The summed E-state index contributed by atoms with van der Waals surface area (Å²) < 4.78 is 27.0. The van der Waals surface area contributed by atoms with Crippen LogP contribution in [0, 0.1) is 0 Å². The van der Waals surface area contributed by atoms with E-state index >= 15 is 0 Å². The molecule has 1 atom stereocenters. The molecular formula is C13H19ClN2O4S. The molecule has 0 bridgehead atoms. The molecule has 0 fully saturated rings. The number of benzene rings is 1. The predicted octanol–water partition coefficient (Wildman–Crippen LogP) is 1.98. The SMILES string of the molecule is CC(c1ccc(Cl)cc1)N(C)S(=O)(=O)N(C)CCC(=O)O.